The topological polar surface area (TPSA) is 89.0 Å². The van der Waals surface area contributed by atoms with Crippen molar-refractivity contribution in [2.75, 3.05) is 12.4 Å². The Morgan fingerprint density at radius 3 is 2.76 bits per heavy atom. The minimum atomic E-state index is -4.53. The summed E-state index contributed by atoms with van der Waals surface area (Å²) < 4.78 is 45.2. The van der Waals surface area contributed by atoms with E-state index in [1.54, 1.807) is 25.4 Å². The first kappa shape index (κ1) is 26.2. The Balaban J connectivity index is 1.53. The lowest BCUT2D eigenvalue weighted by Gasteiger charge is -2.23. The third-order valence-corrected chi connectivity index (χ3v) is 5.81. The van der Waals surface area contributed by atoms with Gasteiger partial charge in [-0.2, -0.15) is 13.2 Å². The molecule has 2 aromatic heterocycles. The summed E-state index contributed by atoms with van der Waals surface area (Å²) in [5, 5.41) is 6.07. The van der Waals surface area contributed by atoms with Crippen molar-refractivity contribution in [1.29, 1.82) is 0 Å². The minimum absolute atomic E-state index is 0.0619. The third-order valence-electron chi connectivity index (χ3n) is 5.61. The smallest absolute Gasteiger partial charge is 0.416 e. The number of amides is 1. The van der Waals surface area contributed by atoms with Crippen molar-refractivity contribution in [2.45, 2.75) is 32.0 Å². The summed E-state index contributed by atoms with van der Waals surface area (Å²) in [5.74, 6) is 0.688. The van der Waals surface area contributed by atoms with E-state index < -0.39 is 23.7 Å². The first-order valence-electron chi connectivity index (χ1n) is 11.4. The number of carbonyl (C=O) groups excluding carboxylic acids is 1. The highest BCUT2D eigenvalue weighted by Crippen LogP contribution is 2.34. The van der Waals surface area contributed by atoms with Gasteiger partial charge in [0.15, 0.2) is 0 Å². The van der Waals surface area contributed by atoms with Gasteiger partial charge in [0.05, 0.1) is 27.9 Å². The Labute approximate surface area is 216 Å². The molecule has 0 bridgehead atoms. The predicted molar refractivity (Wildman–Crippen MR) is 134 cm³/mol. The second-order valence-corrected chi connectivity index (χ2v) is 8.57. The van der Waals surface area contributed by atoms with Crippen LogP contribution >= 0.6 is 11.6 Å². The fraction of sp³-hybridized carbons (Fsp3) is 0.231. The molecular formula is C26H23ClF3N5O2. The number of nitrogens with one attached hydrogen (secondary N) is 2. The van der Waals surface area contributed by atoms with E-state index in [-0.39, 0.29) is 5.56 Å². The van der Waals surface area contributed by atoms with Crippen molar-refractivity contribution in [2.24, 2.45) is 0 Å². The van der Waals surface area contributed by atoms with Crippen LogP contribution < -0.4 is 15.4 Å². The van der Waals surface area contributed by atoms with Crippen molar-refractivity contribution in [3.63, 3.8) is 0 Å². The highest BCUT2D eigenvalue weighted by atomic mass is 35.5. The molecule has 4 rings (SSSR count). The van der Waals surface area contributed by atoms with Crippen LogP contribution in [0.1, 0.15) is 35.7 Å². The Kier molecular flexibility index (Phi) is 7.77. The van der Waals surface area contributed by atoms with E-state index >= 15 is 0 Å². The number of hydrogen-bond acceptors (Lipinski definition) is 6. The fourth-order valence-corrected chi connectivity index (χ4v) is 3.93. The number of aromatic nitrogens is 3. The molecule has 0 saturated heterocycles. The molecule has 7 nitrogen and oxygen atoms in total. The zero-order chi connectivity index (χ0) is 26.6. The Bertz CT molecular complexity index is 1370. The SMILES string of the molecule is CCC1=CC(NC(=O)c2cccc(C(F)(F)F)c2)CC=C1Oc1ncc(Cl)cc1-c1ccnc(NC)n1. The van der Waals surface area contributed by atoms with Crippen LogP contribution in [-0.2, 0) is 6.18 Å². The van der Waals surface area contributed by atoms with Crippen molar-refractivity contribution < 1.29 is 22.7 Å². The fourth-order valence-electron chi connectivity index (χ4n) is 3.77. The van der Waals surface area contributed by atoms with Gasteiger partial charge in [-0.15, -0.1) is 0 Å². The molecule has 0 saturated carbocycles. The molecule has 0 spiro atoms. The van der Waals surface area contributed by atoms with Crippen LogP contribution in [0.25, 0.3) is 11.3 Å². The number of rotatable bonds is 7. The molecule has 0 radical (unpaired) electrons. The van der Waals surface area contributed by atoms with Crippen LogP contribution in [-0.4, -0.2) is 33.9 Å². The number of carbonyl (C=O) groups is 1. The maximum atomic E-state index is 13.0. The van der Waals surface area contributed by atoms with Crippen LogP contribution in [0.2, 0.25) is 5.02 Å². The summed E-state index contributed by atoms with van der Waals surface area (Å²) in [7, 11) is 1.71. The minimum Gasteiger partial charge on any atom is -0.438 e. The third kappa shape index (κ3) is 6.26. The zero-order valence-corrected chi connectivity index (χ0v) is 20.7. The van der Waals surface area contributed by atoms with Crippen LogP contribution in [0, 0.1) is 0 Å². The van der Waals surface area contributed by atoms with Crippen molar-refractivity contribution in [3.05, 3.63) is 88.4 Å². The van der Waals surface area contributed by atoms with Gasteiger partial charge in [-0.05, 0) is 54.8 Å². The second kappa shape index (κ2) is 11.0. The number of benzene rings is 1. The lowest BCUT2D eigenvalue weighted by molar-refractivity contribution is -0.137. The van der Waals surface area contributed by atoms with Crippen molar-refractivity contribution in [3.8, 4) is 17.1 Å². The van der Waals surface area contributed by atoms with Gasteiger partial charge in [-0.1, -0.05) is 30.7 Å². The van der Waals surface area contributed by atoms with Crippen molar-refractivity contribution in [1.82, 2.24) is 20.3 Å². The lowest BCUT2D eigenvalue weighted by atomic mass is 9.98. The molecule has 1 amide bonds. The molecule has 1 atom stereocenters. The van der Waals surface area contributed by atoms with E-state index in [2.05, 4.69) is 25.6 Å². The average molecular weight is 530 g/mol. The van der Waals surface area contributed by atoms with Crippen LogP contribution in [0.4, 0.5) is 19.1 Å². The van der Waals surface area contributed by atoms with Gasteiger partial charge in [0.1, 0.15) is 5.76 Å². The van der Waals surface area contributed by atoms with Gasteiger partial charge in [0.25, 0.3) is 5.91 Å². The summed E-state index contributed by atoms with van der Waals surface area (Å²) in [4.78, 5) is 25.5. The van der Waals surface area contributed by atoms with Gasteiger partial charge in [0.2, 0.25) is 11.8 Å². The monoisotopic (exact) mass is 529 g/mol. The molecule has 37 heavy (non-hydrogen) atoms. The number of nitrogens with zero attached hydrogens (tertiary/aromatic N) is 3. The maximum Gasteiger partial charge on any atom is 0.416 e. The van der Waals surface area contributed by atoms with Crippen molar-refractivity contribution >= 4 is 23.5 Å². The number of hydrogen-bond donors (Lipinski definition) is 2. The number of ether oxygens (including phenoxy) is 1. The largest absolute Gasteiger partial charge is 0.438 e. The van der Waals surface area contributed by atoms with E-state index in [1.165, 1.54) is 18.3 Å². The molecule has 3 aromatic rings. The van der Waals surface area contributed by atoms with Gasteiger partial charge in [-0.3, -0.25) is 4.79 Å². The molecule has 1 aromatic carbocycles. The quantitative estimate of drug-likeness (QED) is 0.387. The highest BCUT2D eigenvalue weighted by Gasteiger charge is 2.31. The van der Waals surface area contributed by atoms with E-state index in [9.17, 15) is 18.0 Å². The highest BCUT2D eigenvalue weighted by molar-refractivity contribution is 6.30. The number of pyridine rings is 1. The molecule has 2 N–H and O–H groups in total. The molecule has 2 heterocycles. The van der Waals surface area contributed by atoms with Gasteiger partial charge in [0, 0.05) is 25.0 Å². The van der Waals surface area contributed by atoms with Crippen LogP contribution in [0.5, 0.6) is 5.88 Å². The molecule has 0 aliphatic heterocycles. The second-order valence-electron chi connectivity index (χ2n) is 8.13. The molecule has 1 aliphatic carbocycles. The van der Waals surface area contributed by atoms with E-state index in [1.807, 2.05) is 19.1 Å². The summed E-state index contributed by atoms with van der Waals surface area (Å²) >= 11 is 6.19. The number of anilines is 1. The van der Waals surface area contributed by atoms with Gasteiger partial charge < -0.3 is 15.4 Å². The molecule has 1 unspecified atom stereocenters. The molecule has 0 fully saturated rings. The van der Waals surface area contributed by atoms with E-state index in [4.69, 9.17) is 16.3 Å². The summed E-state index contributed by atoms with van der Waals surface area (Å²) in [6.07, 6.45) is 3.16. The standard InChI is InChI=1S/C26H23ClF3N5O2/c1-3-15-12-19(34-23(36)16-5-4-6-17(11-16)26(28,29)30)7-8-22(15)37-24-20(13-18(27)14-33-24)21-9-10-32-25(31-2)35-21/h4-6,8-14,19H,3,7H2,1-2H3,(H,34,36)(H,31,32,35). The van der Waals surface area contributed by atoms with Gasteiger partial charge >= 0.3 is 6.18 Å². The van der Waals surface area contributed by atoms with Crippen LogP contribution in [0.15, 0.2) is 72.3 Å². The van der Waals surface area contributed by atoms with E-state index in [0.29, 0.717) is 46.7 Å². The van der Waals surface area contributed by atoms with Gasteiger partial charge in [-0.25, -0.2) is 15.0 Å². The molecule has 11 heteroatoms. The zero-order valence-electron chi connectivity index (χ0n) is 19.9. The number of allylic oxidation sites excluding steroid dienone is 1. The Morgan fingerprint density at radius 1 is 1.22 bits per heavy atom. The molecule has 192 valence electrons. The maximum absolute atomic E-state index is 13.0. The first-order chi connectivity index (χ1) is 17.7. The average Bonchev–Trinajstić information content (AvgIpc) is 2.90. The normalized spacial score (nSPS) is 15.5. The molecule has 1 aliphatic rings. The predicted octanol–water partition coefficient (Wildman–Crippen LogP) is 6.05. The lowest BCUT2D eigenvalue weighted by Crippen LogP contribution is -2.35. The number of alkyl halides is 3. The summed E-state index contributed by atoms with van der Waals surface area (Å²) in [5.41, 5.74) is 1.01. The first-order valence-corrected chi connectivity index (χ1v) is 11.8. The number of halogens is 4. The summed E-state index contributed by atoms with van der Waals surface area (Å²) in [6, 6.07) is 7.33. The Hall–Kier alpha value is -3.92. The molecular weight excluding hydrogens is 507 g/mol. The van der Waals surface area contributed by atoms with Crippen LogP contribution in [0.3, 0.4) is 0 Å². The van der Waals surface area contributed by atoms with E-state index in [0.717, 1.165) is 17.7 Å². The summed E-state index contributed by atoms with van der Waals surface area (Å²) in [6.45, 7) is 1.93. The Morgan fingerprint density at radius 2 is 2.03 bits per heavy atom.